The van der Waals surface area contributed by atoms with Crippen LogP contribution in [0.3, 0.4) is 0 Å². The average molecular weight is 228 g/mol. The molecule has 4 heteroatoms. The first-order chi connectivity index (χ1) is 7.58. The fourth-order valence-corrected chi connectivity index (χ4v) is 2.18. The second kappa shape index (κ2) is 6.86. The summed E-state index contributed by atoms with van der Waals surface area (Å²) in [7, 11) is 0. The number of rotatable bonds is 6. The summed E-state index contributed by atoms with van der Waals surface area (Å²) in [6.07, 6.45) is 3.37. The number of aliphatic hydroxyl groups excluding tert-OH is 1. The predicted octanol–water partition coefficient (Wildman–Crippen LogP) is 0.748. The molecule has 94 valence electrons. The van der Waals surface area contributed by atoms with Crippen LogP contribution in [0.1, 0.15) is 39.5 Å². The maximum absolute atomic E-state index is 11.6. The van der Waals surface area contributed by atoms with Gasteiger partial charge >= 0.3 is 0 Å². The molecule has 0 aromatic rings. The number of hydrogen-bond donors (Lipinski definition) is 2. The quantitative estimate of drug-likeness (QED) is 0.705. The second-order valence-electron chi connectivity index (χ2n) is 4.85. The fourth-order valence-electron chi connectivity index (χ4n) is 2.18. The number of carbonyl (C=O) groups is 1. The van der Waals surface area contributed by atoms with E-state index in [1.807, 2.05) is 6.92 Å². The van der Waals surface area contributed by atoms with Crippen molar-refractivity contribution >= 4 is 5.91 Å². The number of hydrogen-bond acceptors (Lipinski definition) is 3. The van der Waals surface area contributed by atoms with Crippen molar-refractivity contribution in [3.05, 3.63) is 0 Å². The van der Waals surface area contributed by atoms with Crippen molar-refractivity contribution in [3.8, 4) is 0 Å². The van der Waals surface area contributed by atoms with Gasteiger partial charge in [-0.05, 0) is 46.2 Å². The first-order valence-corrected chi connectivity index (χ1v) is 6.27. The fraction of sp³-hybridized carbons (Fsp3) is 0.917. The van der Waals surface area contributed by atoms with Crippen LogP contribution in [-0.4, -0.2) is 47.7 Å². The van der Waals surface area contributed by atoms with E-state index in [1.54, 1.807) is 6.92 Å². The van der Waals surface area contributed by atoms with Gasteiger partial charge in [0.05, 0.1) is 6.10 Å². The number of nitrogens with one attached hydrogen (secondary N) is 1. The summed E-state index contributed by atoms with van der Waals surface area (Å²) in [5.41, 5.74) is 0. The Morgan fingerprint density at radius 1 is 1.38 bits per heavy atom. The van der Waals surface area contributed by atoms with Crippen molar-refractivity contribution in [2.45, 2.75) is 51.7 Å². The predicted molar refractivity (Wildman–Crippen MR) is 64.2 cm³/mol. The number of likely N-dealkylation sites (tertiary alicyclic amines) is 1. The summed E-state index contributed by atoms with van der Waals surface area (Å²) >= 11 is 0. The minimum atomic E-state index is -0.353. The topological polar surface area (TPSA) is 52.6 Å². The van der Waals surface area contributed by atoms with Gasteiger partial charge in [-0.3, -0.25) is 4.79 Å². The van der Waals surface area contributed by atoms with Gasteiger partial charge in [0.2, 0.25) is 5.91 Å². The zero-order chi connectivity index (χ0) is 12.0. The van der Waals surface area contributed by atoms with Gasteiger partial charge in [-0.1, -0.05) is 0 Å². The van der Waals surface area contributed by atoms with E-state index in [9.17, 15) is 9.90 Å². The highest BCUT2D eigenvalue weighted by molar-refractivity contribution is 5.76. The highest BCUT2D eigenvalue weighted by atomic mass is 16.3. The first kappa shape index (κ1) is 13.5. The molecular weight excluding hydrogens is 204 g/mol. The standard InChI is InChI=1S/C12H24N2O2/c1-10(9-11(2)15)13-12(16)5-8-14-6-3-4-7-14/h10-11,15H,3-9H2,1-2H3,(H,13,16). The molecule has 0 aromatic heterocycles. The molecule has 1 amide bonds. The van der Waals surface area contributed by atoms with Crippen molar-refractivity contribution in [2.75, 3.05) is 19.6 Å². The molecule has 1 rings (SSSR count). The average Bonchev–Trinajstić information content (AvgIpc) is 2.65. The lowest BCUT2D eigenvalue weighted by molar-refractivity contribution is -0.122. The molecule has 0 radical (unpaired) electrons. The molecule has 0 aliphatic carbocycles. The lowest BCUT2D eigenvalue weighted by atomic mass is 10.1. The van der Waals surface area contributed by atoms with Gasteiger partial charge in [0.1, 0.15) is 0 Å². The van der Waals surface area contributed by atoms with Crippen molar-refractivity contribution < 1.29 is 9.90 Å². The maximum atomic E-state index is 11.6. The van der Waals surface area contributed by atoms with Crippen LogP contribution < -0.4 is 5.32 Å². The van der Waals surface area contributed by atoms with Crippen LogP contribution >= 0.6 is 0 Å². The smallest absolute Gasteiger partial charge is 0.221 e. The minimum Gasteiger partial charge on any atom is -0.393 e. The molecular formula is C12H24N2O2. The largest absolute Gasteiger partial charge is 0.393 e. The van der Waals surface area contributed by atoms with Crippen LogP contribution in [0, 0.1) is 0 Å². The van der Waals surface area contributed by atoms with Gasteiger partial charge < -0.3 is 15.3 Å². The summed E-state index contributed by atoms with van der Waals surface area (Å²) < 4.78 is 0. The van der Waals surface area contributed by atoms with Gasteiger partial charge in [0.15, 0.2) is 0 Å². The molecule has 2 unspecified atom stereocenters. The van der Waals surface area contributed by atoms with Gasteiger partial charge in [0, 0.05) is 19.0 Å². The third-order valence-electron chi connectivity index (χ3n) is 2.96. The van der Waals surface area contributed by atoms with Gasteiger partial charge in [-0.25, -0.2) is 0 Å². The van der Waals surface area contributed by atoms with E-state index in [1.165, 1.54) is 12.8 Å². The van der Waals surface area contributed by atoms with Crippen LogP contribution in [0.15, 0.2) is 0 Å². The van der Waals surface area contributed by atoms with Crippen molar-refractivity contribution in [2.24, 2.45) is 0 Å². The molecule has 0 aromatic carbocycles. The number of nitrogens with zero attached hydrogens (tertiary/aromatic N) is 1. The van der Waals surface area contributed by atoms with Crippen LogP contribution in [-0.2, 0) is 4.79 Å². The van der Waals surface area contributed by atoms with Crippen LogP contribution in [0.5, 0.6) is 0 Å². The Kier molecular flexibility index (Phi) is 5.77. The van der Waals surface area contributed by atoms with E-state index in [4.69, 9.17) is 0 Å². The Morgan fingerprint density at radius 3 is 2.56 bits per heavy atom. The molecule has 2 atom stereocenters. The van der Waals surface area contributed by atoms with Crippen molar-refractivity contribution in [1.82, 2.24) is 10.2 Å². The van der Waals surface area contributed by atoms with E-state index in [2.05, 4.69) is 10.2 Å². The zero-order valence-corrected chi connectivity index (χ0v) is 10.4. The molecule has 0 spiro atoms. The van der Waals surface area contributed by atoms with Crippen LogP contribution in [0.25, 0.3) is 0 Å². The molecule has 2 N–H and O–H groups in total. The van der Waals surface area contributed by atoms with E-state index in [0.717, 1.165) is 19.6 Å². The number of aliphatic hydroxyl groups is 1. The van der Waals surface area contributed by atoms with E-state index in [0.29, 0.717) is 12.8 Å². The van der Waals surface area contributed by atoms with Crippen LogP contribution in [0.4, 0.5) is 0 Å². The van der Waals surface area contributed by atoms with Gasteiger partial charge in [-0.15, -0.1) is 0 Å². The Balaban J connectivity index is 2.09. The third kappa shape index (κ3) is 5.47. The normalized spacial score (nSPS) is 20.7. The zero-order valence-electron chi connectivity index (χ0n) is 10.4. The Labute approximate surface area is 98.0 Å². The molecule has 1 saturated heterocycles. The SMILES string of the molecule is CC(O)CC(C)NC(=O)CCN1CCCC1. The molecule has 1 heterocycles. The van der Waals surface area contributed by atoms with Crippen molar-refractivity contribution in [1.29, 1.82) is 0 Å². The minimum absolute atomic E-state index is 0.0612. The summed E-state index contributed by atoms with van der Waals surface area (Å²) in [5.74, 6) is 0.0973. The third-order valence-corrected chi connectivity index (χ3v) is 2.96. The highest BCUT2D eigenvalue weighted by Crippen LogP contribution is 2.07. The summed E-state index contributed by atoms with van der Waals surface area (Å²) in [5, 5.41) is 12.1. The molecule has 16 heavy (non-hydrogen) atoms. The number of carbonyl (C=O) groups excluding carboxylic acids is 1. The summed E-state index contributed by atoms with van der Waals surface area (Å²) in [6.45, 7) is 6.81. The first-order valence-electron chi connectivity index (χ1n) is 6.27. The lowest BCUT2D eigenvalue weighted by Gasteiger charge is -2.17. The molecule has 0 bridgehead atoms. The van der Waals surface area contributed by atoms with Crippen LogP contribution in [0.2, 0.25) is 0 Å². The molecule has 1 fully saturated rings. The van der Waals surface area contributed by atoms with E-state index < -0.39 is 0 Å². The Morgan fingerprint density at radius 2 is 2.00 bits per heavy atom. The van der Waals surface area contributed by atoms with Gasteiger partial charge in [-0.2, -0.15) is 0 Å². The van der Waals surface area contributed by atoms with Crippen molar-refractivity contribution in [3.63, 3.8) is 0 Å². The number of amides is 1. The Bertz CT molecular complexity index is 213. The summed E-state index contributed by atoms with van der Waals surface area (Å²) in [6, 6.07) is 0.0612. The molecule has 1 aliphatic heterocycles. The second-order valence-corrected chi connectivity index (χ2v) is 4.85. The molecule has 4 nitrogen and oxygen atoms in total. The lowest BCUT2D eigenvalue weighted by Crippen LogP contribution is -2.36. The van der Waals surface area contributed by atoms with Gasteiger partial charge in [0.25, 0.3) is 0 Å². The highest BCUT2D eigenvalue weighted by Gasteiger charge is 2.14. The van der Waals surface area contributed by atoms with E-state index >= 15 is 0 Å². The molecule has 1 aliphatic rings. The maximum Gasteiger partial charge on any atom is 0.221 e. The molecule has 0 saturated carbocycles. The monoisotopic (exact) mass is 228 g/mol. The van der Waals surface area contributed by atoms with E-state index in [-0.39, 0.29) is 18.1 Å². The Hall–Kier alpha value is -0.610. The summed E-state index contributed by atoms with van der Waals surface area (Å²) in [4.78, 5) is 13.9.